The maximum atomic E-state index is 12.3. The molecule has 0 heterocycles. The van der Waals surface area contributed by atoms with Crippen molar-refractivity contribution in [3.63, 3.8) is 0 Å². The molecule has 0 aliphatic rings. The van der Waals surface area contributed by atoms with E-state index in [2.05, 4.69) is 0 Å². The van der Waals surface area contributed by atoms with Crippen LogP contribution in [0.3, 0.4) is 0 Å². The predicted molar refractivity (Wildman–Crippen MR) is 78.5 cm³/mol. The first-order valence-electron chi connectivity index (χ1n) is 6.58. The molecule has 0 spiro atoms. The topological polar surface area (TPSA) is 35.5 Å². The molecule has 0 aliphatic carbocycles. The van der Waals surface area contributed by atoms with Gasteiger partial charge < -0.3 is 9.47 Å². The van der Waals surface area contributed by atoms with Gasteiger partial charge in [-0.1, -0.05) is 44.2 Å². The van der Waals surface area contributed by atoms with Crippen LogP contribution in [0.1, 0.15) is 39.2 Å². The maximum Gasteiger partial charge on any atom is 0.343 e. The molecule has 108 valence electrons. The Balaban J connectivity index is 0.00000324. The summed E-state index contributed by atoms with van der Waals surface area (Å²) in [6.45, 7) is 6.68. The van der Waals surface area contributed by atoms with Gasteiger partial charge in [0.1, 0.15) is 0 Å². The van der Waals surface area contributed by atoms with Gasteiger partial charge in [-0.2, -0.15) is 0 Å². The molecule has 0 unspecified atom stereocenters. The number of carbonyl (C=O) groups excluding carboxylic acids is 1. The Morgan fingerprint density at radius 1 is 1.16 bits per heavy atom. The van der Waals surface area contributed by atoms with Gasteiger partial charge in [0.2, 0.25) is 0 Å². The highest BCUT2D eigenvalue weighted by atomic mass is 35.5. The molecule has 0 bridgehead atoms. The molecule has 0 fully saturated rings. The first-order chi connectivity index (χ1) is 8.71. The smallest absolute Gasteiger partial charge is 0.343 e. The number of hydrogen-bond donors (Lipinski definition) is 0. The molecule has 0 aliphatic heterocycles. The van der Waals surface area contributed by atoms with E-state index in [4.69, 9.17) is 9.47 Å². The number of esters is 1. The standard InChI is InChI=1S/C15H22O3.ClH/c1-4-12-18-15(5-2,14(16)17-6-3)13-10-8-7-9-11-13;/h7-11H,4-6,12H2,1-3H3;1H/t15-;/m0./s1. The first-order valence-corrected chi connectivity index (χ1v) is 6.58. The summed E-state index contributed by atoms with van der Waals surface area (Å²) in [6.07, 6.45) is 1.43. The largest absolute Gasteiger partial charge is 0.464 e. The Bertz CT molecular complexity index is 367. The van der Waals surface area contributed by atoms with Crippen LogP contribution in [0.4, 0.5) is 0 Å². The molecule has 4 heteroatoms. The van der Waals surface area contributed by atoms with Gasteiger partial charge in [-0.25, -0.2) is 4.79 Å². The van der Waals surface area contributed by atoms with Crippen LogP contribution in [-0.4, -0.2) is 19.2 Å². The molecular formula is C15H23ClO3. The number of rotatable bonds is 7. The van der Waals surface area contributed by atoms with Crippen molar-refractivity contribution in [2.45, 2.75) is 39.2 Å². The fourth-order valence-corrected chi connectivity index (χ4v) is 1.94. The minimum atomic E-state index is -0.965. The van der Waals surface area contributed by atoms with Gasteiger partial charge in [0.15, 0.2) is 5.60 Å². The van der Waals surface area contributed by atoms with Crippen LogP contribution in [0.5, 0.6) is 0 Å². The van der Waals surface area contributed by atoms with Crippen molar-refractivity contribution in [1.82, 2.24) is 0 Å². The molecule has 19 heavy (non-hydrogen) atoms. The van der Waals surface area contributed by atoms with Gasteiger partial charge in [-0.05, 0) is 25.3 Å². The predicted octanol–water partition coefficient (Wildman–Crippen LogP) is 3.70. The van der Waals surface area contributed by atoms with Crippen LogP contribution >= 0.6 is 12.4 Å². The molecule has 0 N–H and O–H groups in total. The normalized spacial score (nSPS) is 13.2. The Labute approximate surface area is 121 Å². The van der Waals surface area contributed by atoms with Gasteiger partial charge in [-0.3, -0.25) is 0 Å². The van der Waals surface area contributed by atoms with E-state index in [-0.39, 0.29) is 18.4 Å². The molecule has 0 aromatic heterocycles. The molecule has 0 radical (unpaired) electrons. The minimum absolute atomic E-state index is 0. The highest BCUT2D eigenvalue weighted by Crippen LogP contribution is 2.31. The molecule has 3 nitrogen and oxygen atoms in total. The average Bonchev–Trinajstić information content (AvgIpc) is 2.42. The van der Waals surface area contributed by atoms with E-state index >= 15 is 0 Å². The lowest BCUT2D eigenvalue weighted by atomic mass is 9.90. The van der Waals surface area contributed by atoms with Crippen molar-refractivity contribution in [2.75, 3.05) is 13.2 Å². The first kappa shape index (κ1) is 17.9. The van der Waals surface area contributed by atoms with Crippen LogP contribution in [0.25, 0.3) is 0 Å². The Hall–Kier alpha value is -1.06. The summed E-state index contributed by atoms with van der Waals surface area (Å²) in [5.74, 6) is -0.299. The second-order valence-corrected chi connectivity index (χ2v) is 4.12. The van der Waals surface area contributed by atoms with E-state index in [9.17, 15) is 4.79 Å². The molecule has 1 rings (SSSR count). The third-order valence-electron chi connectivity index (χ3n) is 2.90. The van der Waals surface area contributed by atoms with Crippen molar-refractivity contribution >= 4 is 18.4 Å². The number of carbonyl (C=O) groups is 1. The zero-order valence-electron chi connectivity index (χ0n) is 11.8. The van der Waals surface area contributed by atoms with Crippen molar-refractivity contribution < 1.29 is 14.3 Å². The van der Waals surface area contributed by atoms with Crippen molar-refractivity contribution in [3.8, 4) is 0 Å². The van der Waals surface area contributed by atoms with Crippen LogP contribution in [0, 0.1) is 0 Å². The number of halogens is 1. The van der Waals surface area contributed by atoms with E-state index < -0.39 is 5.60 Å². The highest BCUT2D eigenvalue weighted by Gasteiger charge is 2.41. The molecule has 0 amide bonds. The summed E-state index contributed by atoms with van der Waals surface area (Å²) in [5, 5.41) is 0. The van der Waals surface area contributed by atoms with Crippen LogP contribution in [0.15, 0.2) is 30.3 Å². The van der Waals surface area contributed by atoms with Crippen molar-refractivity contribution in [1.29, 1.82) is 0 Å². The van der Waals surface area contributed by atoms with E-state index in [1.165, 1.54) is 0 Å². The molecular weight excluding hydrogens is 264 g/mol. The maximum absolute atomic E-state index is 12.3. The quantitative estimate of drug-likeness (QED) is 0.717. The van der Waals surface area contributed by atoms with Gasteiger partial charge in [0, 0.05) is 6.61 Å². The average molecular weight is 287 g/mol. The van der Waals surface area contributed by atoms with Crippen molar-refractivity contribution in [3.05, 3.63) is 35.9 Å². The summed E-state index contributed by atoms with van der Waals surface area (Å²) in [5.41, 5.74) is -0.104. The monoisotopic (exact) mass is 286 g/mol. The van der Waals surface area contributed by atoms with E-state index in [1.54, 1.807) is 0 Å². The SMILES string of the molecule is CCCO[C@](CC)(C(=O)OCC)c1ccccc1.Cl. The lowest BCUT2D eigenvalue weighted by Crippen LogP contribution is -2.40. The van der Waals surface area contributed by atoms with E-state index in [0.29, 0.717) is 19.6 Å². The van der Waals surface area contributed by atoms with Gasteiger partial charge in [0.05, 0.1) is 6.61 Å². The fraction of sp³-hybridized carbons (Fsp3) is 0.533. The second-order valence-electron chi connectivity index (χ2n) is 4.12. The van der Waals surface area contributed by atoms with Crippen LogP contribution in [-0.2, 0) is 19.9 Å². The number of ether oxygens (including phenoxy) is 2. The molecule has 0 saturated heterocycles. The Kier molecular flexibility index (Phi) is 8.44. The van der Waals surface area contributed by atoms with Crippen molar-refractivity contribution in [2.24, 2.45) is 0 Å². The molecule has 0 saturated carbocycles. The number of benzene rings is 1. The van der Waals surface area contributed by atoms with Crippen LogP contribution in [0.2, 0.25) is 0 Å². The minimum Gasteiger partial charge on any atom is -0.464 e. The lowest BCUT2D eigenvalue weighted by molar-refractivity contribution is -0.175. The zero-order chi connectivity index (χ0) is 13.4. The molecule has 1 aromatic rings. The Morgan fingerprint density at radius 2 is 1.79 bits per heavy atom. The molecule has 1 atom stereocenters. The van der Waals surface area contributed by atoms with Gasteiger partial charge in [0.25, 0.3) is 0 Å². The summed E-state index contributed by atoms with van der Waals surface area (Å²) in [7, 11) is 0. The summed E-state index contributed by atoms with van der Waals surface area (Å²) in [6, 6.07) is 9.57. The Morgan fingerprint density at radius 3 is 2.26 bits per heavy atom. The third kappa shape index (κ3) is 4.22. The van der Waals surface area contributed by atoms with E-state index in [1.807, 2.05) is 51.1 Å². The third-order valence-corrected chi connectivity index (χ3v) is 2.90. The van der Waals surface area contributed by atoms with Gasteiger partial charge >= 0.3 is 5.97 Å². The van der Waals surface area contributed by atoms with Crippen LogP contribution < -0.4 is 0 Å². The highest BCUT2D eigenvalue weighted by molar-refractivity contribution is 5.85. The summed E-state index contributed by atoms with van der Waals surface area (Å²) < 4.78 is 11.0. The second kappa shape index (κ2) is 8.94. The number of hydrogen-bond acceptors (Lipinski definition) is 3. The zero-order valence-corrected chi connectivity index (χ0v) is 12.7. The molecule has 1 aromatic carbocycles. The summed E-state index contributed by atoms with van der Waals surface area (Å²) in [4.78, 5) is 12.3. The fourth-order valence-electron chi connectivity index (χ4n) is 1.94. The van der Waals surface area contributed by atoms with E-state index in [0.717, 1.165) is 12.0 Å². The van der Waals surface area contributed by atoms with Gasteiger partial charge in [-0.15, -0.1) is 12.4 Å². The lowest BCUT2D eigenvalue weighted by Gasteiger charge is -2.30. The summed E-state index contributed by atoms with van der Waals surface area (Å²) >= 11 is 0.